The highest BCUT2D eigenvalue weighted by Gasteiger charge is 2.16. The molecular formula is C30H24Cl2FN3O5S. The number of ketones is 1. The molecule has 0 aliphatic carbocycles. The Labute approximate surface area is 253 Å². The molecule has 12 heteroatoms. The Morgan fingerprint density at radius 3 is 2.33 bits per heavy atom. The van der Waals surface area contributed by atoms with Crippen LogP contribution in [0.2, 0.25) is 10.0 Å². The van der Waals surface area contributed by atoms with Crippen molar-refractivity contribution in [3.8, 4) is 0 Å². The van der Waals surface area contributed by atoms with Crippen LogP contribution in [0.15, 0.2) is 65.5 Å². The van der Waals surface area contributed by atoms with E-state index in [-0.39, 0.29) is 41.6 Å². The minimum Gasteiger partial charge on any atom is -0.324 e. The van der Waals surface area contributed by atoms with Crippen LogP contribution in [0.5, 0.6) is 0 Å². The number of carbonyl (C=O) groups excluding carboxylic acids is 2. The monoisotopic (exact) mass is 627 g/mol. The molecule has 0 fully saturated rings. The van der Waals surface area contributed by atoms with E-state index < -0.39 is 34.5 Å². The maximum absolute atomic E-state index is 13.9. The first kappa shape index (κ1) is 30.8. The number of nitro benzene ring substituents is 1. The van der Waals surface area contributed by atoms with E-state index in [9.17, 15) is 28.9 Å². The van der Waals surface area contributed by atoms with E-state index in [1.807, 2.05) is 12.1 Å². The topological polar surface area (TPSA) is 111 Å². The molecule has 4 aromatic rings. The highest BCUT2D eigenvalue weighted by Crippen LogP contribution is 2.23. The van der Waals surface area contributed by atoms with Gasteiger partial charge in [-0.15, -0.1) is 11.3 Å². The molecule has 0 saturated heterocycles. The predicted octanol–water partition coefficient (Wildman–Crippen LogP) is 5.69. The number of amides is 1. The lowest BCUT2D eigenvalue weighted by Gasteiger charge is -2.18. The number of aromatic nitrogens is 1. The average molecular weight is 629 g/mol. The zero-order chi connectivity index (χ0) is 30.8. The molecule has 0 atom stereocenters. The molecule has 0 unspecified atom stereocenters. The van der Waals surface area contributed by atoms with Gasteiger partial charge in [0.2, 0.25) is 5.91 Å². The normalized spacial score (nSPS) is 12.4. The fraction of sp³-hybridized carbons (Fsp3) is 0.167. The van der Waals surface area contributed by atoms with Crippen molar-refractivity contribution in [2.24, 2.45) is 0 Å². The standard InChI is InChI=1S/C30H24Cl2FN3O5S/c1-30(2,3)19-6-4-17(5-7-19)25(37)15-28-35(16-27(38)34-20-8-10-23(32)24(33)14-20)29(39)26(42-28)13-18-12-21(36(40)41)9-11-22(18)31/h4-15H,16H2,1-3H3,(H,34,38)/b26-13+,28-15-. The number of non-ortho nitro benzene ring substituents is 1. The second kappa shape index (κ2) is 12.4. The van der Waals surface area contributed by atoms with Crippen LogP contribution in [0.3, 0.4) is 0 Å². The number of rotatable bonds is 7. The van der Waals surface area contributed by atoms with Crippen molar-refractivity contribution in [2.75, 3.05) is 5.32 Å². The van der Waals surface area contributed by atoms with E-state index in [1.54, 1.807) is 12.1 Å². The number of thiazole rings is 1. The van der Waals surface area contributed by atoms with E-state index in [4.69, 9.17) is 23.2 Å². The van der Waals surface area contributed by atoms with Gasteiger partial charge in [-0.1, -0.05) is 68.2 Å². The Bertz CT molecular complexity index is 1890. The van der Waals surface area contributed by atoms with Gasteiger partial charge >= 0.3 is 0 Å². The molecular weight excluding hydrogens is 604 g/mol. The minimum absolute atomic E-state index is 0.0878. The molecule has 0 saturated carbocycles. The van der Waals surface area contributed by atoms with Crippen LogP contribution in [-0.2, 0) is 16.8 Å². The summed E-state index contributed by atoms with van der Waals surface area (Å²) in [5.41, 5.74) is 0.795. The first-order valence-corrected chi connectivity index (χ1v) is 14.1. The molecule has 3 aromatic carbocycles. The molecule has 42 heavy (non-hydrogen) atoms. The van der Waals surface area contributed by atoms with Gasteiger partial charge in [0.15, 0.2) is 5.78 Å². The third-order valence-electron chi connectivity index (χ3n) is 6.21. The maximum Gasteiger partial charge on any atom is 0.270 e. The molecule has 0 bridgehead atoms. The lowest BCUT2D eigenvalue weighted by atomic mass is 9.86. The lowest BCUT2D eigenvalue weighted by molar-refractivity contribution is -0.384. The lowest BCUT2D eigenvalue weighted by Crippen LogP contribution is -2.36. The number of nitrogens with one attached hydrogen (secondary N) is 1. The molecule has 0 aliphatic rings. The number of anilines is 1. The van der Waals surface area contributed by atoms with Gasteiger partial charge in [0.05, 0.1) is 14.5 Å². The molecule has 0 aliphatic heterocycles. The Balaban J connectivity index is 1.79. The molecule has 1 amide bonds. The highest BCUT2D eigenvalue weighted by molar-refractivity contribution is 7.07. The molecule has 216 valence electrons. The zero-order valence-corrected chi connectivity index (χ0v) is 24.9. The molecule has 1 heterocycles. The minimum atomic E-state index is -0.731. The van der Waals surface area contributed by atoms with Crippen LogP contribution >= 0.6 is 34.5 Å². The highest BCUT2D eigenvalue weighted by atomic mass is 35.5. The number of halogens is 3. The Hall–Kier alpha value is -4.12. The number of nitrogens with zero attached hydrogens (tertiary/aromatic N) is 2. The molecule has 0 spiro atoms. The number of benzene rings is 3. The number of hydrogen-bond donors (Lipinski definition) is 1. The SMILES string of the molecule is CC(C)(C)c1ccc(C(=O)/C=c2\s/c(=C/c3cc([N+](=O)[O-])ccc3Cl)c(=O)n2CC(=O)Nc2ccc(Cl)c(F)c2)cc1. The van der Waals surface area contributed by atoms with Gasteiger partial charge in [0, 0.05) is 40.0 Å². The summed E-state index contributed by atoms with van der Waals surface area (Å²) in [5, 5.41) is 13.8. The van der Waals surface area contributed by atoms with E-state index in [0.29, 0.717) is 5.56 Å². The van der Waals surface area contributed by atoms with E-state index >= 15 is 0 Å². The maximum atomic E-state index is 13.9. The zero-order valence-electron chi connectivity index (χ0n) is 22.6. The first-order chi connectivity index (χ1) is 19.7. The van der Waals surface area contributed by atoms with Crippen LogP contribution in [0.4, 0.5) is 15.8 Å². The second-order valence-electron chi connectivity index (χ2n) is 10.3. The van der Waals surface area contributed by atoms with Gasteiger partial charge in [-0.2, -0.15) is 0 Å². The predicted molar refractivity (Wildman–Crippen MR) is 163 cm³/mol. The number of nitro groups is 1. The third kappa shape index (κ3) is 7.20. The smallest absolute Gasteiger partial charge is 0.270 e. The van der Waals surface area contributed by atoms with E-state index in [1.165, 1.54) is 42.5 Å². The van der Waals surface area contributed by atoms with Crippen molar-refractivity contribution in [2.45, 2.75) is 32.7 Å². The molecule has 4 rings (SSSR count). The van der Waals surface area contributed by atoms with Gasteiger partial charge in [0.1, 0.15) is 17.0 Å². The summed E-state index contributed by atoms with van der Waals surface area (Å²) < 4.78 is 15.2. The van der Waals surface area contributed by atoms with E-state index in [2.05, 4.69) is 26.1 Å². The fourth-order valence-corrected chi connectivity index (χ4v) is 5.26. The van der Waals surface area contributed by atoms with Gasteiger partial charge in [-0.3, -0.25) is 29.1 Å². The third-order valence-corrected chi connectivity index (χ3v) is 7.92. The van der Waals surface area contributed by atoms with Crippen LogP contribution in [0.1, 0.15) is 42.3 Å². The quantitative estimate of drug-likeness (QED) is 0.161. The van der Waals surface area contributed by atoms with Gasteiger partial charge in [0.25, 0.3) is 11.2 Å². The molecule has 8 nitrogen and oxygen atoms in total. The fourth-order valence-electron chi connectivity index (χ4n) is 3.94. The van der Waals surface area contributed by atoms with Crippen molar-refractivity contribution in [3.63, 3.8) is 0 Å². The Kier molecular flexibility index (Phi) is 9.10. The largest absolute Gasteiger partial charge is 0.324 e. The summed E-state index contributed by atoms with van der Waals surface area (Å²) in [7, 11) is 0. The summed E-state index contributed by atoms with van der Waals surface area (Å²) in [5.74, 6) is -1.79. The Morgan fingerprint density at radius 1 is 1.05 bits per heavy atom. The van der Waals surface area contributed by atoms with Crippen molar-refractivity contribution in [1.29, 1.82) is 0 Å². The van der Waals surface area contributed by atoms with Gasteiger partial charge in [-0.25, -0.2) is 4.39 Å². The van der Waals surface area contributed by atoms with Crippen LogP contribution in [0, 0.1) is 15.9 Å². The Morgan fingerprint density at radius 2 is 1.71 bits per heavy atom. The van der Waals surface area contributed by atoms with Crippen LogP contribution in [-0.4, -0.2) is 21.2 Å². The number of Topliss-reactive ketones (excluding diaryl/α,β-unsaturated/α-hetero) is 1. The van der Waals surface area contributed by atoms with E-state index in [0.717, 1.165) is 27.5 Å². The van der Waals surface area contributed by atoms with Gasteiger partial charge < -0.3 is 5.32 Å². The molecule has 0 radical (unpaired) electrons. The summed E-state index contributed by atoms with van der Waals surface area (Å²) >= 11 is 12.9. The number of carbonyl (C=O) groups is 2. The van der Waals surface area contributed by atoms with Crippen LogP contribution in [0.25, 0.3) is 12.2 Å². The molecule has 1 aromatic heterocycles. The van der Waals surface area contributed by atoms with Crippen molar-refractivity contribution in [1.82, 2.24) is 4.57 Å². The summed E-state index contributed by atoms with van der Waals surface area (Å²) in [6, 6.07) is 14.6. The van der Waals surface area contributed by atoms with Crippen LogP contribution < -0.4 is 20.1 Å². The van der Waals surface area contributed by atoms with Crippen molar-refractivity contribution < 1.29 is 18.9 Å². The average Bonchev–Trinajstić information content (AvgIpc) is 3.20. The summed E-state index contributed by atoms with van der Waals surface area (Å²) in [6.45, 7) is 5.65. The molecule has 1 N–H and O–H groups in total. The summed E-state index contributed by atoms with van der Waals surface area (Å²) in [6.07, 6.45) is 2.62. The summed E-state index contributed by atoms with van der Waals surface area (Å²) in [4.78, 5) is 50.2. The van der Waals surface area contributed by atoms with Crippen molar-refractivity contribution in [3.05, 3.63) is 123 Å². The van der Waals surface area contributed by atoms with Crippen molar-refractivity contribution >= 4 is 69.8 Å². The van der Waals surface area contributed by atoms with Gasteiger partial charge in [-0.05, 0) is 41.3 Å². The second-order valence-corrected chi connectivity index (χ2v) is 12.2. The number of hydrogen-bond acceptors (Lipinski definition) is 6. The first-order valence-electron chi connectivity index (χ1n) is 12.5.